The third-order valence-corrected chi connectivity index (χ3v) is 3.41. The van der Waals surface area contributed by atoms with E-state index in [0.29, 0.717) is 21.9 Å². The zero-order valence-electron chi connectivity index (χ0n) is 11.4. The van der Waals surface area contributed by atoms with Crippen molar-refractivity contribution in [3.8, 4) is 5.75 Å². The molecular formula is C16H16ClFO2. The van der Waals surface area contributed by atoms with Crippen LogP contribution in [0.15, 0.2) is 36.4 Å². The topological polar surface area (TPSA) is 29.5 Å². The maximum Gasteiger partial charge on any atom is 0.127 e. The van der Waals surface area contributed by atoms with E-state index in [-0.39, 0.29) is 6.42 Å². The Morgan fingerprint density at radius 2 is 2.00 bits per heavy atom. The van der Waals surface area contributed by atoms with Gasteiger partial charge in [-0.15, -0.1) is 0 Å². The number of aliphatic hydroxyl groups is 1. The Morgan fingerprint density at radius 1 is 1.25 bits per heavy atom. The number of hydrogen-bond donors (Lipinski definition) is 1. The molecule has 2 nitrogen and oxygen atoms in total. The quantitative estimate of drug-likeness (QED) is 0.921. The third-order valence-electron chi connectivity index (χ3n) is 3.18. The lowest BCUT2D eigenvalue weighted by Crippen LogP contribution is -2.05. The lowest BCUT2D eigenvalue weighted by molar-refractivity contribution is 0.172. The highest BCUT2D eigenvalue weighted by atomic mass is 35.5. The zero-order valence-corrected chi connectivity index (χ0v) is 12.1. The molecule has 0 radical (unpaired) electrons. The van der Waals surface area contributed by atoms with Gasteiger partial charge in [0.1, 0.15) is 11.6 Å². The van der Waals surface area contributed by atoms with Crippen LogP contribution in [0.25, 0.3) is 0 Å². The Kier molecular flexibility index (Phi) is 4.63. The van der Waals surface area contributed by atoms with Crippen LogP contribution in [0.2, 0.25) is 5.02 Å². The first-order chi connectivity index (χ1) is 9.51. The van der Waals surface area contributed by atoms with E-state index in [0.717, 1.165) is 5.56 Å². The van der Waals surface area contributed by atoms with E-state index in [1.807, 2.05) is 19.1 Å². The molecule has 2 aromatic carbocycles. The van der Waals surface area contributed by atoms with Gasteiger partial charge in [0.15, 0.2) is 0 Å². The molecule has 0 aliphatic carbocycles. The smallest absolute Gasteiger partial charge is 0.127 e. The summed E-state index contributed by atoms with van der Waals surface area (Å²) in [5.74, 6) is 0.189. The van der Waals surface area contributed by atoms with E-state index in [1.54, 1.807) is 25.3 Å². The summed E-state index contributed by atoms with van der Waals surface area (Å²) in [5.41, 5.74) is 2.10. The van der Waals surface area contributed by atoms with Gasteiger partial charge in [-0.2, -0.15) is 0 Å². The molecule has 0 fully saturated rings. The largest absolute Gasteiger partial charge is 0.496 e. The number of methoxy groups -OCH3 is 1. The van der Waals surface area contributed by atoms with Crippen LogP contribution in [-0.4, -0.2) is 12.2 Å². The van der Waals surface area contributed by atoms with Crippen molar-refractivity contribution >= 4 is 11.6 Å². The van der Waals surface area contributed by atoms with Crippen molar-refractivity contribution in [1.82, 2.24) is 0 Å². The Labute approximate surface area is 122 Å². The maximum atomic E-state index is 13.7. The summed E-state index contributed by atoms with van der Waals surface area (Å²) in [5, 5.41) is 10.6. The van der Waals surface area contributed by atoms with Crippen LogP contribution in [0.3, 0.4) is 0 Å². The summed E-state index contributed by atoms with van der Waals surface area (Å²) < 4.78 is 19.0. The molecular weight excluding hydrogens is 279 g/mol. The molecule has 0 aliphatic heterocycles. The second-order valence-electron chi connectivity index (χ2n) is 4.70. The van der Waals surface area contributed by atoms with Crippen LogP contribution in [0, 0.1) is 12.7 Å². The maximum absolute atomic E-state index is 13.7. The molecule has 0 aliphatic rings. The lowest BCUT2D eigenvalue weighted by Gasteiger charge is -2.16. The number of benzene rings is 2. The van der Waals surface area contributed by atoms with Gasteiger partial charge in [-0.3, -0.25) is 0 Å². The van der Waals surface area contributed by atoms with Crippen molar-refractivity contribution in [3.05, 3.63) is 63.9 Å². The first kappa shape index (κ1) is 14.8. The predicted molar refractivity (Wildman–Crippen MR) is 77.8 cm³/mol. The molecule has 1 atom stereocenters. The van der Waals surface area contributed by atoms with Crippen molar-refractivity contribution in [1.29, 1.82) is 0 Å². The summed E-state index contributed by atoms with van der Waals surface area (Å²) in [6, 6.07) is 9.97. The number of hydrogen-bond acceptors (Lipinski definition) is 2. The molecule has 1 N–H and O–H groups in total. The number of halogens is 2. The Hall–Kier alpha value is -1.58. The van der Waals surface area contributed by atoms with Crippen molar-refractivity contribution in [2.45, 2.75) is 19.4 Å². The van der Waals surface area contributed by atoms with E-state index < -0.39 is 11.9 Å². The number of ether oxygens (including phenoxy) is 1. The van der Waals surface area contributed by atoms with Crippen molar-refractivity contribution in [2.75, 3.05) is 7.11 Å². The molecule has 0 bridgehead atoms. The molecule has 20 heavy (non-hydrogen) atoms. The summed E-state index contributed by atoms with van der Waals surface area (Å²) in [4.78, 5) is 0. The highest BCUT2D eigenvalue weighted by molar-refractivity contribution is 6.30. The zero-order chi connectivity index (χ0) is 14.7. The molecule has 0 aromatic heterocycles. The first-order valence-corrected chi connectivity index (χ1v) is 6.65. The highest BCUT2D eigenvalue weighted by Crippen LogP contribution is 2.29. The lowest BCUT2D eigenvalue weighted by atomic mass is 9.99. The molecule has 2 rings (SSSR count). The number of rotatable bonds is 4. The van der Waals surface area contributed by atoms with Gasteiger partial charge in [0.2, 0.25) is 0 Å². The summed E-state index contributed by atoms with van der Waals surface area (Å²) in [6.45, 7) is 1.94. The molecule has 0 saturated heterocycles. The van der Waals surface area contributed by atoms with E-state index in [9.17, 15) is 9.50 Å². The van der Waals surface area contributed by atoms with Gasteiger partial charge in [-0.25, -0.2) is 4.39 Å². The average Bonchev–Trinajstić information content (AvgIpc) is 2.41. The Morgan fingerprint density at radius 3 is 2.65 bits per heavy atom. The van der Waals surface area contributed by atoms with Gasteiger partial charge in [0.05, 0.1) is 13.2 Å². The third kappa shape index (κ3) is 3.30. The minimum absolute atomic E-state index is 0.169. The van der Waals surface area contributed by atoms with Crippen LogP contribution < -0.4 is 4.74 Å². The van der Waals surface area contributed by atoms with Crippen LogP contribution in [-0.2, 0) is 6.42 Å². The van der Waals surface area contributed by atoms with Gasteiger partial charge < -0.3 is 9.84 Å². The van der Waals surface area contributed by atoms with Gasteiger partial charge in [-0.05, 0) is 36.2 Å². The molecule has 4 heteroatoms. The average molecular weight is 295 g/mol. The normalized spacial score (nSPS) is 12.2. The summed E-state index contributed by atoms with van der Waals surface area (Å²) in [6.07, 6.45) is -0.663. The standard InChI is InChI=1S/C16H16ClFO2/c1-10-3-6-13(16(7-10)20-2)15(19)8-11-4-5-12(17)9-14(11)18/h3-7,9,15,19H,8H2,1-2H3. The summed E-state index contributed by atoms with van der Waals surface area (Å²) in [7, 11) is 1.55. The molecule has 106 valence electrons. The van der Waals surface area contributed by atoms with Crippen LogP contribution in [0.4, 0.5) is 4.39 Å². The fourth-order valence-electron chi connectivity index (χ4n) is 2.10. The number of aliphatic hydroxyl groups excluding tert-OH is 1. The van der Waals surface area contributed by atoms with Crippen molar-refractivity contribution in [3.63, 3.8) is 0 Å². The molecule has 0 heterocycles. The first-order valence-electron chi connectivity index (χ1n) is 6.28. The van der Waals surface area contributed by atoms with Gasteiger partial charge in [0, 0.05) is 17.0 Å². The predicted octanol–water partition coefficient (Wildman–Crippen LogP) is 4.07. The van der Waals surface area contributed by atoms with E-state index >= 15 is 0 Å². The molecule has 0 amide bonds. The van der Waals surface area contributed by atoms with Crippen LogP contribution >= 0.6 is 11.6 Å². The Balaban J connectivity index is 2.25. The molecule has 2 aromatic rings. The van der Waals surface area contributed by atoms with Crippen LogP contribution in [0.1, 0.15) is 22.8 Å². The fourth-order valence-corrected chi connectivity index (χ4v) is 2.26. The molecule has 1 unspecified atom stereocenters. The molecule has 0 spiro atoms. The monoisotopic (exact) mass is 294 g/mol. The van der Waals surface area contributed by atoms with E-state index in [2.05, 4.69) is 0 Å². The van der Waals surface area contributed by atoms with Gasteiger partial charge in [0.25, 0.3) is 0 Å². The minimum atomic E-state index is -0.832. The minimum Gasteiger partial charge on any atom is -0.496 e. The second kappa shape index (κ2) is 6.25. The van der Waals surface area contributed by atoms with Gasteiger partial charge >= 0.3 is 0 Å². The highest BCUT2D eigenvalue weighted by Gasteiger charge is 2.16. The van der Waals surface area contributed by atoms with Crippen molar-refractivity contribution < 1.29 is 14.2 Å². The van der Waals surface area contributed by atoms with E-state index in [1.165, 1.54) is 6.07 Å². The SMILES string of the molecule is COc1cc(C)ccc1C(O)Cc1ccc(Cl)cc1F. The summed E-state index contributed by atoms with van der Waals surface area (Å²) >= 11 is 5.71. The fraction of sp³-hybridized carbons (Fsp3) is 0.250. The van der Waals surface area contributed by atoms with Crippen LogP contribution in [0.5, 0.6) is 5.75 Å². The van der Waals surface area contributed by atoms with Gasteiger partial charge in [-0.1, -0.05) is 29.8 Å². The number of aryl methyl sites for hydroxylation is 1. The molecule has 0 saturated carbocycles. The van der Waals surface area contributed by atoms with E-state index in [4.69, 9.17) is 16.3 Å². The Bertz CT molecular complexity index is 613. The van der Waals surface area contributed by atoms with Crippen molar-refractivity contribution in [2.24, 2.45) is 0 Å². The second-order valence-corrected chi connectivity index (χ2v) is 5.14.